The predicted octanol–water partition coefficient (Wildman–Crippen LogP) is 2.85. The molecule has 0 radical (unpaired) electrons. The van der Waals surface area contributed by atoms with E-state index in [4.69, 9.17) is 10.5 Å². The van der Waals surface area contributed by atoms with Gasteiger partial charge in [0.2, 0.25) is 0 Å². The van der Waals surface area contributed by atoms with Gasteiger partial charge in [0.1, 0.15) is 5.75 Å². The second-order valence-corrected chi connectivity index (χ2v) is 5.44. The van der Waals surface area contributed by atoms with Crippen LogP contribution in [0.4, 0.5) is 0 Å². The lowest BCUT2D eigenvalue weighted by Gasteiger charge is -2.27. The van der Waals surface area contributed by atoms with Crippen LogP contribution < -0.4 is 10.5 Å². The molecule has 2 rings (SSSR count). The van der Waals surface area contributed by atoms with E-state index in [2.05, 4.69) is 11.9 Å². The Bertz CT molecular complexity index is 384. The zero-order valence-electron chi connectivity index (χ0n) is 11.5. The van der Waals surface area contributed by atoms with Crippen molar-refractivity contribution in [1.29, 1.82) is 0 Å². The van der Waals surface area contributed by atoms with Crippen LogP contribution >= 0.6 is 0 Å². The van der Waals surface area contributed by atoms with Crippen molar-refractivity contribution in [3.8, 4) is 5.75 Å². The Morgan fingerprint density at radius 1 is 1.28 bits per heavy atom. The highest BCUT2D eigenvalue weighted by Crippen LogP contribution is 2.28. The van der Waals surface area contributed by atoms with Crippen molar-refractivity contribution >= 4 is 0 Å². The van der Waals surface area contributed by atoms with Crippen molar-refractivity contribution in [3.05, 3.63) is 23.5 Å². The normalized spacial score (nSPS) is 23.9. The fourth-order valence-corrected chi connectivity index (χ4v) is 2.55. The first-order valence-corrected chi connectivity index (χ1v) is 7.02. The first kappa shape index (κ1) is 13.3. The third kappa shape index (κ3) is 3.45. The zero-order chi connectivity index (χ0) is 13.0. The van der Waals surface area contributed by atoms with Gasteiger partial charge in [-0.3, -0.25) is 4.98 Å². The Morgan fingerprint density at radius 3 is 2.67 bits per heavy atom. The number of nitrogens with two attached hydrogens (primary N) is 1. The molecule has 3 heteroatoms. The summed E-state index contributed by atoms with van der Waals surface area (Å²) >= 11 is 0. The predicted molar refractivity (Wildman–Crippen MR) is 73.8 cm³/mol. The quantitative estimate of drug-likeness (QED) is 0.891. The summed E-state index contributed by atoms with van der Waals surface area (Å²) in [5.41, 5.74) is 7.68. The minimum atomic E-state index is 0.363. The molecule has 0 atom stereocenters. The molecule has 1 aliphatic carbocycles. The second-order valence-electron chi connectivity index (χ2n) is 5.44. The van der Waals surface area contributed by atoms with E-state index < -0.39 is 0 Å². The molecule has 0 amide bonds. The summed E-state index contributed by atoms with van der Waals surface area (Å²) in [5.74, 6) is 1.79. The van der Waals surface area contributed by atoms with Gasteiger partial charge in [0.25, 0.3) is 0 Å². The number of hydrogen-bond acceptors (Lipinski definition) is 3. The van der Waals surface area contributed by atoms with Gasteiger partial charge in [-0.05, 0) is 57.2 Å². The summed E-state index contributed by atoms with van der Waals surface area (Å²) in [4.78, 5) is 4.54. The topological polar surface area (TPSA) is 48.1 Å². The van der Waals surface area contributed by atoms with Crippen molar-refractivity contribution in [2.75, 3.05) is 6.54 Å². The summed E-state index contributed by atoms with van der Waals surface area (Å²) in [6.45, 7) is 4.95. The molecule has 1 heterocycles. The average molecular weight is 248 g/mol. The molecule has 1 aliphatic rings. The smallest absolute Gasteiger partial charge is 0.141 e. The number of nitrogens with zero attached hydrogens (tertiary/aromatic N) is 1. The van der Waals surface area contributed by atoms with Gasteiger partial charge in [-0.1, -0.05) is 6.92 Å². The third-order valence-corrected chi connectivity index (χ3v) is 3.71. The lowest BCUT2D eigenvalue weighted by atomic mass is 9.89. The third-order valence-electron chi connectivity index (χ3n) is 3.71. The van der Waals surface area contributed by atoms with Crippen LogP contribution in [0.2, 0.25) is 0 Å². The summed E-state index contributed by atoms with van der Waals surface area (Å²) in [5, 5.41) is 0. The maximum Gasteiger partial charge on any atom is 0.141 e. The van der Waals surface area contributed by atoms with Crippen LogP contribution in [0.5, 0.6) is 5.75 Å². The maximum absolute atomic E-state index is 6.12. The van der Waals surface area contributed by atoms with Crippen molar-refractivity contribution in [3.63, 3.8) is 0 Å². The van der Waals surface area contributed by atoms with Crippen LogP contribution in [0.1, 0.15) is 44.0 Å². The molecule has 0 unspecified atom stereocenters. The van der Waals surface area contributed by atoms with Gasteiger partial charge in [-0.15, -0.1) is 0 Å². The molecular formula is C15H24N2O. The number of aryl methyl sites for hydroxylation is 1. The fraction of sp³-hybridized carbons (Fsp3) is 0.667. The van der Waals surface area contributed by atoms with Gasteiger partial charge in [-0.25, -0.2) is 0 Å². The second kappa shape index (κ2) is 6.19. The van der Waals surface area contributed by atoms with Crippen LogP contribution in [-0.4, -0.2) is 17.6 Å². The average Bonchev–Trinajstić information content (AvgIpc) is 2.36. The van der Waals surface area contributed by atoms with E-state index in [0.29, 0.717) is 12.6 Å². The van der Waals surface area contributed by atoms with Crippen LogP contribution in [0.25, 0.3) is 0 Å². The van der Waals surface area contributed by atoms with Crippen LogP contribution in [0.3, 0.4) is 0 Å². The summed E-state index contributed by atoms with van der Waals surface area (Å²) < 4.78 is 6.12. The number of aromatic nitrogens is 1. The molecule has 0 bridgehead atoms. The highest BCUT2D eigenvalue weighted by molar-refractivity contribution is 5.29. The number of hydrogen-bond donors (Lipinski definition) is 1. The standard InChI is InChI=1S/C15H24N2O/c1-11-3-6-13(7-4-11)18-15-8-5-12(2)17-14(15)9-10-16/h5,8,11,13H,3-4,6-7,9-10,16H2,1-2H3. The van der Waals surface area contributed by atoms with Crippen LogP contribution in [0.15, 0.2) is 12.1 Å². The van der Waals surface area contributed by atoms with Gasteiger partial charge < -0.3 is 10.5 Å². The SMILES string of the molecule is Cc1ccc(OC2CCC(C)CC2)c(CCN)n1. The first-order valence-electron chi connectivity index (χ1n) is 7.02. The molecule has 1 aromatic heterocycles. The number of rotatable bonds is 4. The molecule has 1 aromatic rings. The van der Waals surface area contributed by atoms with E-state index >= 15 is 0 Å². The van der Waals surface area contributed by atoms with E-state index in [-0.39, 0.29) is 0 Å². The van der Waals surface area contributed by atoms with E-state index in [1.807, 2.05) is 19.1 Å². The Balaban J connectivity index is 2.03. The van der Waals surface area contributed by atoms with Gasteiger partial charge in [0, 0.05) is 12.1 Å². The van der Waals surface area contributed by atoms with Crippen molar-refractivity contribution in [2.24, 2.45) is 11.7 Å². The molecule has 0 aromatic carbocycles. The monoisotopic (exact) mass is 248 g/mol. The Labute approximate surface area is 110 Å². The van der Waals surface area contributed by atoms with Crippen molar-refractivity contribution in [2.45, 2.75) is 52.1 Å². The summed E-state index contributed by atoms with van der Waals surface area (Å²) in [6.07, 6.45) is 6.03. The molecule has 18 heavy (non-hydrogen) atoms. The van der Waals surface area contributed by atoms with Crippen molar-refractivity contribution in [1.82, 2.24) is 4.98 Å². The van der Waals surface area contributed by atoms with E-state index in [1.54, 1.807) is 0 Å². The largest absolute Gasteiger partial charge is 0.489 e. The molecule has 100 valence electrons. The Hall–Kier alpha value is -1.09. The minimum absolute atomic E-state index is 0.363. The molecule has 3 nitrogen and oxygen atoms in total. The molecule has 2 N–H and O–H groups in total. The number of ether oxygens (including phenoxy) is 1. The highest BCUT2D eigenvalue weighted by Gasteiger charge is 2.20. The lowest BCUT2D eigenvalue weighted by molar-refractivity contribution is 0.133. The maximum atomic E-state index is 6.12. The molecule has 1 saturated carbocycles. The molecule has 0 aliphatic heterocycles. The Kier molecular flexibility index (Phi) is 4.59. The van der Waals surface area contributed by atoms with E-state index in [9.17, 15) is 0 Å². The van der Waals surface area contributed by atoms with E-state index in [1.165, 1.54) is 12.8 Å². The van der Waals surface area contributed by atoms with Crippen LogP contribution in [-0.2, 0) is 6.42 Å². The Morgan fingerprint density at radius 2 is 2.00 bits per heavy atom. The minimum Gasteiger partial charge on any atom is -0.489 e. The zero-order valence-corrected chi connectivity index (χ0v) is 11.5. The molecular weight excluding hydrogens is 224 g/mol. The van der Waals surface area contributed by atoms with Gasteiger partial charge >= 0.3 is 0 Å². The van der Waals surface area contributed by atoms with E-state index in [0.717, 1.165) is 42.3 Å². The summed E-state index contributed by atoms with van der Waals surface area (Å²) in [6, 6.07) is 4.06. The molecule has 0 spiro atoms. The van der Waals surface area contributed by atoms with Crippen molar-refractivity contribution < 1.29 is 4.74 Å². The summed E-state index contributed by atoms with van der Waals surface area (Å²) in [7, 11) is 0. The van der Waals surface area contributed by atoms with Gasteiger partial charge in [-0.2, -0.15) is 0 Å². The fourth-order valence-electron chi connectivity index (χ4n) is 2.55. The van der Waals surface area contributed by atoms with Gasteiger partial charge in [0.15, 0.2) is 0 Å². The number of pyridine rings is 1. The highest BCUT2D eigenvalue weighted by atomic mass is 16.5. The molecule has 0 saturated heterocycles. The lowest BCUT2D eigenvalue weighted by Crippen LogP contribution is -2.24. The first-order chi connectivity index (χ1) is 8.69. The van der Waals surface area contributed by atoms with Crippen LogP contribution in [0, 0.1) is 12.8 Å². The molecule has 1 fully saturated rings. The van der Waals surface area contributed by atoms with Gasteiger partial charge in [0.05, 0.1) is 11.8 Å².